The van der Waals surface area contributed by atoms with E-state index in [0.29, 0.717) is 25.2 Å². The summed E-state index contributed by atoms with van der Waals surface area (Å²) >= 11 is 12.4. The highest BCUT2D eigenvalue weighted by molar-refractivity contribution is 9.10. The van der Waals surface area contributed by atoms with Crippen molar-refractivity contribution in [1.82, 2.24) is 0 Å². The van der Waals surface area contributed by atoms with Gasteiger partial charge in [-0.05, 0) is 58.7 Å². The van der Waals surface area contributed by atoms with Crippen LogP contribution in [0.2, 0.25) is 5.02 Å². The molecule has 0 heterocycles. The number of sulfonamides is 1. The molecule has 0 aliphatic carbocycles. The van der Waals surface area contributed by atoms with Crippen LogP contribution < -0.4 is 4.72 Å². The lowest BCUT2D eigenvalue weighted by molar-refractivity contribution is 0.600. The van der Waals surface area contributed by atoms with Crippen LogP contribution in [0.15, 0.2) is 50.2 Å². The van der Waals surface area contributed by atoms with Gasteiger partial charge in [-0.25, -0.2) is 8.42 Å². The maximum Gasteiger partial charge on any atom is 0.262 e. The molecular weight excluding hydrogens is 429 g/mol. The number of halogens is 3. The fraction of sp³-hybridized carbons (Fsp3) is 0.0769. The van der Waals surface area contributed by atoms with Gasteiger partial charge in [-0.15, -0.1) is 0 Å². The molecule has 2 rings (SSSR count). The van der Waals surface area contributed by atoms with Crippen LogP contribution in [0.4, 0.5) is 5.69 Å². The SMILES string of the molecule is Cc1ccc(Br)cc1S(=O)(=O)Nc1ccc(Cl)cc1Br. The molecule has 0 bridgehead atoms. The van der Waals surface area contributed by atoms with Gasteiger partial charge >= 0.3 is 0 Å². The van der Waals surface area contributed by atoms with Crippen LogP contribution >= 0.6 is 43.5 Å². The van der Waals surface area contributed by atoms with Crippen molar-refractivity contribution in [2.24, 2.45) is 0 Å². The Balaban J connectivity index is 2.43. The lowest BCUT2D eigenvalue weighted by Crippen LogP contribution is -2.14. The first-order valence-electron chi connectivity index (χ1n) is 5.53. The molecule has 20 heavy (non-hydrogen) atoms. The molecule has 0 atom stereocenters. The highest BCUT2D eigenvalue weighted by Crippen LogP contribution is 2.29. The van der Waals surface area contributed by atoms with Crippen molar-refractivity contribution < 1.29 is 8.42 Å². The lowest BCUT2D eigenvalue weighted by Gasteiger charge is -2.12. The first-order valence-corrected chi connectivity index (χ1v) is 8.98. The van der Waals surface area contributed by atoms with Gasteiger partial charge in [0.15, 0.2) is 0 Å². The van der Waals surface area contributed by atoms with Gasteiger partial charge in [-0.3, -0.25) is 4.72 Å². The molecule has 0 saturated carbocycles. The maximum atomic E-state index is 12.4. The van der Waals surface area contributed by atoms with Gasteiger partial charge in [-0.1, -0.05) is 33.6 Å². The molecule has 0 radical (unpaired) electrons. The molecule has 2 aromatic carbocycles. The van der Waals surface area contributed by atoms with E-state index in [2.05, 4.69) is 36.6 Å². The molecule has 0 fully saturated rings. The quantitative estimate of drug-likeness (QED) is 0.734. The third-order valence-electron chi connectivity index (χ3n) is 2.62. The van der Waals surface area contributed by atoms with Gasteiger partial charge < -0.3 is 0 Å². The van der Waals surface area contributed by atoms with Crippen molar-refractivity contribution >= 4 is 59.2 Å². The van der Waals surface area contributed by atoms with Gasteiger partial charge in [-0.2, -0.15) is 0 Å². The Bertz CT molecular complexity index is 763. The Kier molecular flexibility index (Phi) is 4.79. The van der Waals surface area contributed by atoms with Gasteiger partial charge in [0.1, 0.15) is 0 Å². The second kappa shape index (κ2) is 6.05. The van der Waals surface area contributed by atoms with E-state index in [0.717, 1.165) is 0 Å². The van der Waals surface area contributed by atoms with Crippen molar-refractivity contribution in [3.05, 3.63) is 55.9 Å². The summed E-state index contributed by atoms with van der Waals surface area (Å²) < 4.78 is 28.7. The van der Waals surface area contributed by atoms with E-state index in [1.165, 1.54) is 0 Å². The fourth-order valence-electron chi connectivity index (χ4n) is 1.64. The topological polar surface area (TPSA) is 46.2 Å². The Labute approximate surface area is 139 Å². The van der Waals surface area contributed by atoms with Crippen molar-refractivity contribution in [3.8, 4) is 0 Å². The number of benzene rings is 2. The summed E-state index contributed by atoms with van der Waals surface area (Å²) in [7, 11) is -3.65. The predicted molar refractivity (Wildman–Crippen MR) is 88.8 cm³/mol. The molecule has 0 aliphatic rings. The lowest BCUT2D eigenvalue weighted by atomic mass is 10.2. The van der Waals surface area contributed by atoms with Crippen molar-refractivity contribution in [2.45, 2.75) is 11.8 Å². The van der Waals surface area contributed by atoms with E-state index in [9.17, 15) is 8.42 Å². The third kappa shape index (κ3) is 3.55. The van der Waals surface area contributed by atoms with Gasteiger partial charge in [0.2, 0.25) is 0 Å². The van der Waals surface area contributed by atoms with Crippen LogP contribution in [0.3, 0.4) is 0 Å². The summed E-state index contributed by atoms with van der Waals surface area (Å²) in [6.45, 7) is 1.75. The summed E-state index contributed by atoms with van der Waals surface area (Å²) in [4.78, 5) is 0.230. The van der Waals surface area contributed by atoms with E-state index in [-0.39, 0.29) is 4.90 Å². The van der Waals surface area contributed by atoms with Gasteiger partial charge in [0.05, 0.1) is 10.6 Å². The molecule has 3 nitrogen and oxygen atoms in total. The van der Waals surface area contributed by atoms with Gasteiger partial charge in [0.25, 0.3) is 10.0 Å². The number of aryl methyl sites for hydroxylation is 1. The highest BCUT2D eigenvalue weighted by Gasteiger charge is 2.18. The van der Waals surface area contributed by atoms with Crippen molar-refractivity contribution in [2.75, 3.05) is 4.72 Å². The Morgan fingerprint density at radius 1 is 1.10 bits per heavy atom. The first kappa shape index (κ1) is 15.8. The Hall–Kier alpha value is -0.560. The summed E-state index contributed by atoms with van der Waals surface area (Å²) in [5.41, 5.74) is 1.11. The molecule has 0 saturated heterocycles. The molecule has 0 aromatic heterocycles. The number of nitrogens with one attached hydrogen (secondary N) is 1. The zero-order chi connectivity index (χ0) is 14.9. The Morgan fingerprint density at radius 2 is 1.80 bits per heavy atom. The van der Waals surface area contributed by atoms with E-state index in [1.807, 2.05) is 0 Å². The van der Waals surface area contributed by atoms with Gasteiger partial charge in [0, 0.05) is 14.0 Å². The molecule has 0 amide bonds. The normalized spacial score (nSPS) is 11.4. The summed E-state index contributed by atoms with van der Waals surface area (Å²) in [5.74, 6) is 0. The zero-order valence-corrected chi connectivity index (χ0v) is 15.1. The molecule has 0 aliphatic heterocycles. The van der Waals surface area contributed by atoms with Crippen LogP contribution in [0.25, 0.3) is 0 Å². The van der Waals surface area contributed by atoms with Crippen LogP contribution in [-0.4, -0.2) is 8.42 Å². The van der Waals surface area contributed by atoms with Crippen LogP contribution in [0.1, 0.15) is 5.56 Å². The monoisotopic (exact) mass is 437 g/mol. The molecule has 1 N–H and O–H groups in total. The second-order valence-corrected chi connectivity index (χ2v) is 8.00. The first-order chi connectivity index (χ1) is 9.29. The van der Waals surface area contributed by atoms with Crippen LogP contribution in [-0.2, 0) is 10.0 Å². The van der Waals surface area contributed by atoms with Crippen molar-refractivity contribution in [1.29, 1.82) is 0 Å². The average Bonchev–Trinajstić information content (AvgIpc) is 2.35. The number of hydrogen-bond acceptors (Lipinski definition) is 2. The minimum atomic E-state index is -3.65. The third-order valence-corrected chi connectivity index (χ3v) is 5.51. The number of rotatable bonds is 3. The van der Waals surface area contributed by atoms with E-state index >= 15 is 0 Å². The fourth-order valence-corrected chi connectivity index (χ4v) is 4.41. The summed E-state index contributed by atoms with van der Waals surface area (Å²) in [5, 5.41) is 0.526. The molecule has 0 spiro atoms. The van der Waals surface area contributed by atoms with E-state index < -0.39 is 10.0 Å². The smallest absolute Gasteiger partial charge is 0.262 e. The zero-order valence-electron chi connectivity index (χ0n) is 10.3. The second-order valence-electron chi connectivity index (χ2n) is 4.14. The van der Waals surface area contributed by atoms with Crippen LogP contribution in [0.5, 0.6) is 0 Å². The number of hydrogen-bond donors (Lipinski definition) is 1. The highest BCUT2D eigenvalue weighted by atomic mass is 79.9. The number of anilines is 1. The van der Waals surface area contributed by atoms with E-state index in [4.69, 9.17) is 11.6 Å². The average molecular weight is 440 g/mol. The summed E-state index contributed by atoms with van der Waals surface area (Å²) in [6.07, 6.45) is 0. The molecule has 106 valence electrons. The largest absolute Gasteiger partial charge is 0.278 e. The molecule has 2 aromatic rings. The summed E-state index contributed by atoms with van der Waals surface area (Å²) in [6, 6.07) is 9.98. The maximum absolute atomic E-state index is 12.4. The Morgan fingerprint density at radius 3 is 2.45 bits per heavy atom. The van der Waals surface area contributed by atoms with Crippen LogP contribution in [0, 0.1) is 6.92 Å². The van der Waals surface area contributed by atoms with Crippen molar-refractivity contribution in [3.63, 3.8) is 0 Å². The minimum Gasteiger partial charge on any atom is -0.278 e. The molecule has 0 unspecified atom stereocenters. The molecular formula is C13H10Br2ClNO2S. The molecule has 7 heteroatoms. The van der Waals surface area contributed by atoms with E-state index in [1.54, 1.807) is 43.3 Å². The predicted octanol–water partition coefficient (Wildman–Crippen LogP) is 4.97. The standard InChI is InChI=1S/C13H10Br2ClNO2S/c1-8-2-3-9(14)6-13(8)20(18,19)17-12-5-4-10(16)7-11(12)15/h2-7,17H,1H3. The minimum absolute atomic E-state index is 0.230.